The van der Waals surface area contributed by atoms with Gasteiger partial charge in [-0.25, -0.2) is 14.8 Å². The molecule has 0 saturated heterocycles. The van der Waals surface area contributed by atoms with Crippen molar-refractivity contribution >= 4 is 17.6 Å². The lowest BCUT2D eigenvalue weighted by molar-refractivity contribution is 0.0689. The molecule has 0 bridgehead atoms. The number of hydrogen-bond acceptors (Lipinski definition) is 6. The van der Waals surface area contributed by atoms with Gasteiger partial charge in [-0.05, 0) is 26.0 Å². The molecule has 0 aliphatic rings. The van der Waals surface area contributed by atoms with Crippen LogP contribution in [0.5, 0.6) is 11.5 Å². The van der Waals surface area contributed by atoms with Crippen molar-refractivity contribution in [3.8, 4) is 11.5 Å². The van der Waals surface area contributed by atoms with E-state index in [1.165, 1.54) is 7.11 Å². The number of methoxy groups -OCH3 is 1. The Morgan fingerprint density at radius 1 is 1.12 bits per heavy atom. The number of rotatable bonds is 6. The summed E-state index contributed by atoms with van der Waals surface area (Å²) in [5, 5.41) is 11.4. The van der Waals surface area contributed by atoms with Gasteiger partial charge >= 0.3 is 5.97 Å². The first-order chi connectivity index (χ1) is 11.4. The van der Waals surface area contributed by atoms with Crippen molar-refractivity contribution in [3.63, 3.8) is 0 Å². The van der Waals surface area contributed by atoms with Gasteiger partial charge < -0.3 is 19.9 Å². The van der Waals surface area contributed by atoms with Gasteiger partial charge in [0.15, 0.2) is 17.2 Å². The van der Waals surface area contributed by atoms with Crippen LogP contribution in [0.4, 0.5) is 5.69 Å². The molecule has 1 aromatic heterocycles. The van der Waals surface area contributed by atoms with E-state index in [2.05, 4.69) is 15.3 Å². The molecule has 0 atom stereocenters. The highest BCUT2D eigenvalue weighted by Crippen LogP contribution is 2.31. The molecule has 0 aliphatic carbocycles. The number of nitrogens with one attached hydrogen (secondary N) is 1. The van der Waals surface area contributed by atoms with E-state index in [-0.39, 0.29) is 17.5 Å². The zero-order valence-electron chi connectivity index (χ0n) is 13.4. The van der Waals surface area contributed by atoms with Crippen LogP contribution in [0, 0.1) is 0 Å². The maximum Gasteiger partial charge on any atom is 0.356 e. The quantitative estimate of drug-likeness (QED) is 0.835. The van der Waals surface area contributed by atoms with Crippen LogP contribution in [0.1, 0.15) is 34.8 Å². The number of aromatic nitrogens is 2. The summed E-state index contributed by atoms with van der Waals surface area (Å²) in [5.74, 6) is -0.676. The molecule has 8 heteroatoms. The van der Waals surface area contributed by atoms with E-state index in [0.29, 0.717) is 17.2 Å². The first-order valence-corrected chi connectivity index (χ1v) is 7.12. The van der Waals surface area contributed by atoms with Crippen molar-refractivity contribution in [3.05, 3.63) is 42.0 Å². The number of benzene rings is 1. The summed E-state index contributed by atoms with van der Waals surface area (Å²) in [5.41, 5.74) is 0.256. The Morgan fingerprint density at radius 3 is 2.33 bits per heavy atom. The third kappa shape index (κ3) is 4.19. The minimum absolute atomic E-state index is 0.00199. The number of carbonyl (C=O) groups is 2. The average molecular weight is 331 g/mol. The monoisotopic (exact) mass is 331 g/mol. The number of aromatic carboxylic acids is 1. The fourth-order valence-corrected chi connectivity index (χ4v) is 1.85. The predicted molar refractivity (Wildman–Crippen MR) is 85.7 cm³/mol. The molecule has 2 rings (SSSR count). The van der Waals surface area contributed by atoms with E-state index in [1.807, 2.05) is 13.8 Å². The number of amides is 1. The van der Waals surface area contributed by atoms with Gasteiger partial charge in [0.1, 0.15) is 5.69 Å². The van der Waals surface area contributed by atoms with Crippen molar-refractivity contribution in [1.29, 1.82) is 0 Å². The minimum atomic E-state index is -1.21. The van der Waals surface area contributed by atoms with Crippen LogP contribution in [-0.2, 0) is 0 Å². The molecule has 1 heterocycles. The van der Waals surface area contributed by atoms with Gasteiger partial charge in [0.25, 0.3) is 5.91 Å². The molecule has 2 aromatic rings. The maximum atomic E-state index is 12.2. The van der Waals surface area contributed by atoms with Crippen LogP contribution in [-0.4, -0.2) is 40.2 Å². The highest BCUT2D eigenvalue weighted by atomic mass is 16.5. The van der Waals surface area contributed by atoms with Crippen molar-refractivity contribution < 1.29 is 24.2 Å². The molecule has 0 spiro atoms. The highest BCUT2D eigenvalue weighted by Gasteiger charge is 2.13. The Morgan fingerprint density at radius 2 is 1.79 bits per heavy atom. The third-order valence-electron chi connectivity index (χ3n) is 2.89. The van der Waals surface area contributed by atoms with Gasteiger partial charge in [-0.2, -0.15) is 0 Å². The van der Waals surface area contributed by atoms with Crippen molar-refractivity contribution in [2.45, 2.75) is 20.0 Å². The van der Waals surface area contributed by atoms with Crippen molar-refractivity contribution in [2.24, 2.45) is 0 Å². The lowest BCUT2D eigenvalue weighted by Gasteiger charge is -2.15. The Kier molecular flexibility index (Phi) is 5.31. The molecule has 1 amide bonds. The topological polar surface area (TPSA) is 111 Å². The fourth-order valence-electron chi connectivity index (χ4n) is 1.85. The van der Waals surface area contributed by atoms with Crippen LogP contribution in [0.3, 0.4) is 0 Å². The first-order valence-electron chi connectivity index (χ1n) is 7.12. The smallest absolute Gasteiger partial charge is 0.356 e. The molecule has 0 saturated carbocycles. The molecular formula is C16H17N3O5. The zero-order valence-corrected chi connectivity index (χ0v) is 13.4. The zero-order chi connectivity index (χ0) is 17.7. The Labute approximate surface area is 138 Å². The van der Waals surface area contributed by atoms with Gasteiger partial charge in [0.05, 0.1) is 25.6 Å². The van der Waals surface area contributed by atoms with Crippen LogP contribution in [0.15, 0.2) is 30.6 Å². The summed E-state index contributed by atoms with van der Waals surface area (Å²) < 4.78 is 10.8. The molecule has 126 valence electrons. The summed E-state index contributed by atoms with van der Waals surface area (Å²) >= 11 is 0. The average Bonchev–Trinajstić information content (AvgIpc) is 2.54. The summed E-state index contributed by atoms with van der Waals surface area (Å²) in [4.78, 5) is 30.3. The maximum absolute atomic E-state index is 12.2. The Bertz CT molecular complexity index is 744. The Balaban J connectivity index is 2.17. The minimum Gasteiger partial charge on any atom is -0.493 e. The fraction of sp³-hybridized carbons (Fsp3) is 0.250. The number of anilines is 1. The van der Waals surface area contributed by atoms with Gasteiger partial charge in [-0.3, -0.25) is 4.79 Å². The van der Waals surface area contributed by atoms with Crippen LogP contribution in [0.2, 0.25) is 0 Å². The number of carboxylic acids is 1. The molecule has 0 unspecified atom stereocenters. The lowest BCUT2D eigenvalue weighted by Crippen LogP contribution is -2.15. The molecule has 0 radical (unpaired) electrons. The SMILES string of the molecule is COc1ccc(NC(=O)c2cnc(C(=O)O)cn2)cc1OC(C)C. The molecule has 24 heavy (non-hydrogen) atoms. The van der Waals surface area contributed by atoms with E-state index in [9.17, 15) is 9.59 Å². The van der Waals surface area contributed by atoms with Gasteiger partial charge in [-0.15, -0.1) is 0 Å². The van der Waals surface area contributed by atoms with E-state index in [4.69, 9.17) is 14.6 Å². The Hall–Kier alpha value is -3.16. The largest absolute Gasteiger partial charge is 0.493 e. The lowest BCUT2D eigenvalue weighted by atomic mass is 10.2. The third-order valence-corrected chi connectivity index (χ3v) is 2.89. The van der Waals surface area contributed by atoms with E-state index in [0.717, 1.165) is 12.4 Å². The van der Waals surface area contributed by atoms with Crippen LogP contribution < -0.4 is 14.8 Å². The van der Waals surface area contributed by atoms with Crippen molar-refractivity contribution in [1.82, 2.24) is 9.97 Å². The molecular weight excluding hydrogens is 314 g/mol. The summed E-state index contributed by atoms with van der Waals surface area (Å²) in [6, 6.07) is 4.96. The molecule has 0 aliphatic heterocycles. The number of nitrogens with zero attached hydrogens (tertiary/aromatic N) is 2. The van der Waals surface area contributed by atoms with Gasteiger partial charge in [0.2, 0.25) is 0 Å². The second-order valence-corrected chi connectivity index (χ2v) is 5.08. The van der Waals surface area contributed by atoms with Crippen LogP contribution in [0.25, 0.3) is 0 Å². The second-order valence-electron chi connectivity index (χ2n) is 5.08. The van der Waals surface area contributed by atoms with Gasteiger partial charge in [0, 0.05) is 11.8 Å². The predicted octanol–water partition coefficient (Wildman–Crippen LogP) is 2.22. The summed E-state index contributed by atoms with van der Waals surface area (Å²) in [6.07, 6.45) is 2.08. The highest BCUT2D eigenvalue weighted by molar-refractivity contribution is 6.03. The normalized spacial score (nSPS) is 10.3. The van der Waals surface area contributed by atoms with E-state index < -0.39 is 11.9 Å². The number of carbonyl (C=O) groups excluding carboxylic acids is 1. The van der Waals surface area contributed by atoms with E-state index in [1.54, 1.807) is 18.2 Å². The number of carboxylic acid groups (broad SMARTS) is 1. The van der Waals surface area contributed by atoms with E-state index >= 15 is 0 Å². The first kappa shape index (κ1) is 17.2. The number of ether oxygens (including phenoxy) is 2. The molecule has 2 N–H and O–H groups in total. The standard InChI is InChI=1S/C16H17N3O5/c1-9(2)24-14-6-10(4-5-13(14)23-3)19-15(20)11-7-18-12(8-17-11)16(21)22/h4-9H,1-3H3,(H,19,20)(H,21,22). The molecule has 8 nitrogen and oxygen atoms in total. The molecule has 1 aromatic carbocycles. The number of hydrogen-bond donors (Lipinski definition) is 2. The molecule has 0 fully saturated rings. The summed E-state index contributed by atoms with van der Waals surface area (Å²) in [7, 11) is 1.53. The summed E-state index contributed by atoms with van der Waals surface area (Å²) in [6.45, 7) is 3.76. The second kappa shape index (κ2) is 7.40. The van der Waals surface area contributed by atoms with Crippen molar-refractivity contribution in [2.75, 3.05) is 12.4 Å². The van der Waals surface area contributed by atoms with Gasteiger partial charge in [-0.1, -0.05) is 0 Å². The van der Waals surface area contributed by atoms with Crippen LogP contribution >= 0.6 is 0 Å².